The summed E-state index contributed by atoms with van der Waals surface area (Å²) >= 11 is 0. The Hall–Kier alpha value is -5.87. The van der Waals surface area contributed by atoms with Gasteiger partial charge in [-0.25, -0.2) is 0 Å². The third-order valence-corrected chi connectivity index (χ3v) is 12.3. The van der Waals surface area contributed by atoms with Gasteiger partial charge in [0, 0.05) is 6.54 Å². The molecule has 0 aliphatic carbocycles. The summed E-state index contributed by atoms with van der Waals surface area (Å²) in [5.41, 5.74) is 5.62. The molecule has 1 aliphatic heterocycles. The molecule has 0 radical (unpaired) electrons. The van der Waals surface area contributed by atoms with E-state index in [9.17, 15) is 57.8 Å². The maximum absolute atomic E-state index is 14.5. The molecule has 1 aliphatic rings. The molecule has 0 aromatic carbocycles. The van der Waals surface area contributed by atoms with E-state index in [1.165, 1.54) is 32.6 Å². The summed E-state index contributed by atoms with van der Waals surface area (Å²) in [7, 11) is 0. The van der Waals surface area contributed by atoms with Crippen LogP contribution in [0.3, 0.4) is 0 Å². The van der Waals surface area contributed by atoms with E-state index in [1.807, 2.05) is 55.4 Å². The van der Waals surface area contributed by atoms with Crippen molar-refractivity contribution in [2.75, 3.05) is 6.54 Å². The highest BCUT2D eigenvalue weighted by Crippen LogP contribution is 2.22. The zero-order valence-electron chi connectivity index (χ0n) is 46.7. The first-order chi connectivity index (χ1) is 34.2. The molecule has 0 aromatic rings. The van der Waals surface area contributed by atoms with Gasteiger partial charge in [-0.1, -0.05) is 83.1 Å². The molecule has 74 heavy (non-hydrogen) atoms. The minimum absolute atomic E-state index is 0.0970. The van der Waals surface area contributed by atoms with Crippen molar-refractivity contribution in [2.45, 2.75) is 216 Å². The van der Waals surface area contributed by atoms with E-state index in [0.717, 1.165) is 0 Å². The lowest BCUT2D eigenvalue weighted by Crippen LogP contribution is -2.61. The molecule has 0 aromatic heterocycles. The maximum atomic E-state index is 14.5. The Bertz CT molecular complexity index is 1960. The summed E-state index contributed by atoms with van der Waals surface area (Å²) in [6.45, 7) is 27.4. The molecular formula is C51H91N11O12. The zero-order chi connectivity index (χ0) is 57.1. The van der Waals surface area contributed by atoms with Crippen LogP contribution >= 0.6 is 0 Å². The van der Waals surface area contributed by atoms with Gasteiger partial charge in [-0.05, 0) is 102 Å². The Morgan fingerprint density at radius 2 is 0.770 bits per heavy atom. The summed E-state index contributed by atoms with van der Waals surface area (Å²) in [5.74, 6) is -9.04. The SMILES string of the molecule is CC(C)C[C@H](NC(=O)[C@H](CC(C)C)NC(=O)[C@@H](NC(=O)[C@@H]1CCCN1C(=O)[C@H](CC(C)C)NC(=O)[C@H](CC(C)C)NC(=O)[C@@H](NC(=O)[C@H](C)NC(=O)[C@H](C)N)C(C)C)C(C)C)C(=O)N[C@@H](C)C(=O)N[C@@H](C)C(=O)O. The Morgan fingerprint density at radius 3 is 1.16 bits per heavy atom. The van der Waals surface area contributed by atoms with Crippen molar-refractivity contribution in [1.82, 2.24) is 52.8 Å². The number of likely N-dealkylation sites (tertiary alicyclic amines) is 1. The summed E-state index contributed by atoms with van der Waals surface area (Å²) in [4.78, 5) is 149. The lowest BCUT2D eigenvalue weighted by atomic mass is 9.97. The third kappa shape index (κ3) is 22.3. The average Bonchev–Trinajstić information content (AvgIpc) is 3.77. The van der Waals surface area contributed by atoms with Crippen molar-refractivity contribution in [2.24, 2.45) is 41.2 Å². The zero-order valence-corrected chi connectivity index (χ0v) is 46.7. The van der Waals surface area contributed by atoms with Gasteiger partial charge in [0.15, 0.2) is 0 Å². The second-order valence-electron chi connectivity index (χ2n) is 22.2. The summed E-state index contributed by atoms with van der Waals surface area (Å²) in [6.07, 6.45) is 1.37. The van der Waals surface area contributed by atoms with Crippen LogP contribution < -0.4 is 53.6 Å². The topological polar surface area (TPSA) is 346 Å². The van der Waals surface area contributed by atoms with E-state index in [-0.39, 0.29) is 62.3 Å². The molecular weight excluding hydrogens is 959 g/mol. The van der Waals surface area contributed by atoms with Crippen LogP contribution in [0.5, 0.6) is 0 Å². The van der Waals surface area contributed by atoms with Crippen LogP contribution in [0.15, 0.2) is 0 Å². The second-order valence-corrected chi connectivity index (χ2v) is 22.2. The standard InChI is InChI=1S/C51H91N11O12/c1-24(2)20-34(44(66)54-31(14)42(64)55-33(16)51(73)74)56-45(67)35(21-25(3)4)57-49(71)40(29(11)12)61-47(69)38-18-17-19-62(38)50(72)37(23-27(7)8)59-46(68)36(22-26(5)6)58-48(70)39(28(9)10)60-43(65)32(15)53-41(63)30(13)52/h24-40H,17-23,52H2,1-16H3,(H,53,63)(H,54,66)(H,55,64)(H,56,67)(H,57,71)(H,58,70)(H,59,68)(H,60,65)(H,61,69)(H,73,74)/t30-,31-,32-,33-,34-,35-,36-,37-,38-,39-,40-/m0/s1. The number of carbonyl (C=O) groups excluding carboxylic acids is 10. The summed E-state index contributed by atoms with van der Waals surface area (Å²) in [6, 6.07) is -12.0. The number of carboxylic acids is 1. The summed E-state index contributed by atoms with van der Waals surface area (Å²) < 4.78 is 0. The van der Waals surface area contributed by atoms with Gasteiger partial charge >= 0.3 is 5.97 Å². The monoisotopic (exact) mass is 1050 g/mol. The number of aliphatic carboxylic acids is 1. The second kappa shape index (κ2) is 31.1. The Kier molecular flexibility index (Phi) is 27.8. The van der Waals surface area contributed by atoms with E-state index in [2.05, 4.69) is 47.9 Å². The van der Waals surface area contributed by atoms with E-state index < -0.39 is 143 Å². The highest BCUT2D eigenvalue weighted by molar-refractivity contribution is 5.99. The van der Waals surface area contributed by atoms with Crippen molar-refractivity contribution in [3.8, 4) is 0 Å². The van der Waals surface area contributed by atoms with E-state index in [4.69, 9.17) is 5.73 Å². The molecule has 0 spiro atoms. The van der Waals surface area contributed by atoms with Gasteiger partial charge in [0.05, 0.1) is 6.04 Å². The molecule has 0 saturated carbocycles. The van der Waals surface area contributed by atoms with Crippen molar-refractivity contribution in [1.29, 1.82) is 0 Å². The largest absolute Gasteiger partial charge is 0.480 e. The van der Waals surface area contributed by atoms with E-state index >= 15 is 0 Å². The molecule has 10 amide bonds. The smallest absolute Gasteiger partial charge is 0.325 e. The average molecular weight is 1050 g/mol. The fourth-order valence-electron chi connectivity index (χ4n) is 8.16. The van der Waals surface area contributed by atoms with Gasteiger partial charge in [-0.2, -0.15) is 0 Å². The van der Waals surface area contributed by atoms with Crippen molar-refractivity contribution >= 4 is 65.0 Å². The molecule has 0 unspecified atom stereocenters. The fourth-order valence-corrected chi connectivity index (χ4v) is 8.16. The van der Waals surface area contributed by atoms with Crippen LogP contribution in [0.25, 0.3) is 0 Å². The van der Waals surface area contributed by atoms with Crippen molar-refractivity contribution in [3.05, 3.63) is 0 Å². The van der Waals surface area contributed by atoms with Crippen molar-refractivity contribution < 1.29 is 57.8 Å². The van der Waals surface area contributed by atoms with Crippen LogP contribution in [0.1, 0.15) is 149 Å². The van der Waals surface area contributed by atoms with Gasteiger partial charge in [0.2, 0.25) is 59.1 Å². The first-order valence-corrected chi connectivity index (χ1v) is 26.2. The van der Waals surface area contributed by atoms with Gasteiger partial charge < -0.3 is 63.6 Å². The normalized spacial score (nSPS) is 17.7. The number of carboxylic acid groups (broad SMARTS) is 1. The lowest BCUT2D eigenvalue weighted by Gasteiger charge is -2.32. The maximum Gasteiger partial charge on any atom is 0.325 e. The molecule has 0 bridgehead atoms. The molecule has 1 rings (SSSR count). The molecule has 11 atom stereocenters. The van der Waals surface area contributed by atoms with Gasteiger partial charge in [0.1, 0.15) is 60.4 Å². The van der Waals surface area contributed by atoms with Crippen LogP contribution in [0.2, 0.25) is 0 Å². The number of nitrogens with one attached hydrogen (secondary N) is 9. The van der Waals surface area contributed by atoms with Gasteiger partial charge in [-0.3, -0.25) is 52.7 Å². The summed E-state index contributed by atoms with van der Waals surface area (Å²) in [5, 5.41) is 33.1. The van der Waals surface area contributed by atoms with E-state index in [0.29, 0.717) is 6.42 Å². The molecule has 23 heteroatoms. The molecule has 12 N–H and O–H groups in total. The molecule has 1 saturated heterocycles. The quantitative estimate of drug-likeness (QED) is 0.0463. The number of nitrogens with zero attached hydrogens (tertiary/aromatic N) is 1. The number of rotatable bonds is 30. The third-order valence-electron chi connectivity index (χ3n) is 12.3. The fraction of sp³-hybridized carbons (Fsp3) is 0.784. The van der Waals surface area contributed by atoms with Crippen molar-refractivity contribution in [3.63, 3.8) is 0 Å². The van der Waals surface area contributed by atoms with Gasteiger partial charge in [-0.15, -0.1) is 0 Å². The number of nitrogens with two attached hydrogens (primary N) is 1. The predicted octanol–water partition coefficient (Wildman–Crippen LogP) is 0.328. The molecule has 1 fully saturated rings. The van der Waals surface area contributed by atoms with Gasteiger partial charge in [0.25, 0.3) is 0 Å². The Morgan fingerprint density at radius 1 is 0.432 bits per heavy atom. The minimum Gasteiger partial charge on any atom is -0.480 e. The highest BCUT2D eigenvalue weighted by Gasteiger charge is 2.41. The Balaban J connectivity index is 3.34. The lowest BCUT2D eigenvalue weighted by molar-refractivity contribution is -0.143. The first kappa shape index (κ1) is 66.1. The van der Waals surface area contributed by atoms with Crippen LogP contribution in [0, 0.1) is 35.5 Å². The number of carbonyl (C=O) groups is 11. The first-order valence-electron chi connectivity index (χ1n) is 26.2. The predicted molar refractivity (Wildman–Crippen MR) is 278 cm³/mol. The molecule has 422 valence electrons. The van der Waals surface area contributed by atoms with E-state index in [1.54, 1.807) is 27.7 Å². The number of hydrogen-bond donors (Lipinski definition) is 11. The van der Waals surface area contributed by atoms with Crippen LogP contribution in [-0.4, -0.2) is 148 Å². The Labute approximate surface area is 438 Å². The molecule has 1 heterocycles. The van der Waals surface area contributed by atoms with Crippen LogP contribution in [0.4, 0.5) is 0 Å². The minimum atomic E-state index is -1.26. The molecule has 23 nitrogen and oxygen atoms in total. The number of hydrogen-bond acceptors (Lipinski definition) is 12. The highest BCUT2D eigenvalue weighted by atomic mass is 16.4. The van der Waals surface area contributed by atoms with Crippen LogP contribution in [-0.2, 0) is 52.7 Å². The number of amides is 10.